The number of fused-ring (bicyclic) bond motifs is 1. The van der Waals surface area contributed by atoms with Gasteiger partial charge in [0.15, 0.2) is 0 Å². The molecule has 0 fully saturated rings. The topological polar surface area (TPSA) is 128 Å². The summed E-state index contributed by atoms with van der Waals surface area (Å²) in [7, 11) is -3.93. The molecule has 2 N–H and O–H groups in total. The summed E-state index contributed by atoms with van der Waals surface area (Å²) in [6.45, 7) is 2.47. The molecule has 9 nitrogen and oxygen atoms in total. The lowest BCUT2D eigenvalue weighted by Gasteiger charge is -2.13. The molecule has 0 aliphatic rings. The van der Waals surface area contributed by atoms with Crippen LogP contribution in [0.25, 0.3) is 16.8 Å². The number of hydrogen-bond donors (Lipinski definition) is 2. The van der Waals surface area contributed by atoms with E-state index in [9.17, 15) is 22.8 Å². The third-order valence-electron chi connectivity index (χ3n) is 5.38. The highest BCUT2D eigenvalue weighted by Gasteiger charge is 2.19. The van der Waals surface area contributed by atoms with Crippen molar-refractivity contribution in [3.63, 3.8) is 0 Å². The Morgan fingerprint density at radius 2 is 1.40 bits per heavy atom. The van der Waals surface area contributed by atoms with Gasteiger partial charge in [0.05, 0.1) is 4.90 Å². The summed E-state index contributed by atoms with van der Waals surface area (Å²) in [4.78, 5) is 35.6. The van der Waals surface area contributed by atoms with Gasteiger partial charge in [-0.3, -0.25) is 19.1 Å². The highest BCUT2D eigenvalue weighted by molar-refractivity contribution is 9.10. The van der Waals surface area contributed by atoms with Gasteiger partial charge in [-0.15, -0.1) is 0 Å². The van der Waals surface area contributed by atoms with Crippen molar-refractivity contribution in [3.8, 4) is 11.5 Å². The van der Waals surface area contributed by atoms with Gasteiger partial charge < -0.3 is 14.8 Å². The molecule has 40 heavy (non-hydrogen) atoms. The van der Waals surface area contributed by atoms with Crippen molar-refractivity contribution in [1.29, 1.82) is 0 Å². The molecule has 0 radical (unpaired) electrons. The molecule has 0 heterocycles. The van der Waals surface area contributed by atoms with Gasteiger partial charge in [-0.2, -0.15) is 0 Å². The Hall–Kier alpha value is -4.48. The van der Waals surface area contributed by atoms with Gasteiger partial charge in [0.25, 0.3) is 10.0 Å². The number of carbonyl (C=O) groups is 3. The Labute approximate surface area is 239 Å². The summed E-state index contributed by atoms with van der Waals surface area (Å²) in [5.74, 6) is -1.33. The zero-order valence-electron chi connectivity index (χ0n) is 21.3. The van der Waals surface area contributed by atoms with Crippen LogP contribution in [0, 0.1) is 0 Å². The maximum absolute atomic E-state index is 13.2. The number of nitrogens with one attached hydrogen (secondary N) is 2. The normalized spacial score (nSPS) is 11.3. The number of amides is 1. The molecule has 0 saturated carbocycles. The van der Waals surface area contributed by atoms with Crippen molar-refractivity contribution in [2.24, 2.45) is 0 Å². The first kappa shape index (κ1) is 28.5. The van der Waals surface area contributed by atoms with Crippen molar-refractivity contribution in [3.05, 3.63) is 95.0 Å². The second-order valence-corrected chi connectivity index (χ2v) is 11.1. The zero-order valence-corrected chi connectivity index (χ0v) is 23.7. The minimum Gasteiger partial charge on any atom is -0.427 e. The quantitative estimate of drug-likeness (QED) is 0.142. The van der Waals surface area contributed by atoms with Gasteiger partial charge in [-0.25, -0.2) is 8.42 Å². The lowest BCUT2D eigenvalue weighted by molar-refractivity contribution is -0.132. The van der Waals surface area contributed by atoms with Gasteiger partial charge in [-0.1, -0.05) is 40.2 Å². The third kappa shape index (κ3) is 7.33. The molecule has 1 amide bonds. The lowest BCUT2D eigenvalue weighted by atomic mass is 10.1. The molecule has 0 unspecified atom stereocenters. The molecule has 204 valence electrons. The average Bonchev–Trinajstić information content (AvgIpc) is 2.88. The molecule has 4 rings (SSSR count). The number of rotatable bonds is 8. The van der Waals surface area contributed by atoms with Crippen molar-refractivity contribution in [2.45, 2.75) is 18.7 Å². The summed E-state index contributed by atoms with van der Waals surface area (Å²) in [5.41, 5.74) is 1.25. The van der Waals surface area contributed by atoms with Crippen LogP contribution in [0.5, 0.6) is 11.5 Å². The number of carbonyl (C=O) groups excluding carboxylic acids is 3. The molecule has 0 saturated heterocycles. The fourth-order valence-electron chi connectivity index (χ4n) is 3.84. The van der Waals surface area contributed by atoms with Crippen LogP contribution in [-0.2, 0) is 24.4 Å². The highest BCUT2D eigenvalue weighted by atomic mass is 79.9. The van der Waals surface area contributed by atoms with E-state index in [1.165, 1.54) is 50.3 Å². The minimum atomic E-state index is -3.93. The SMILES string of the molecule is CC(=O)Oc1cc(C=CC(=O)Nc2cccc3c(S(=O)(=O)Nc4ccc(Br)cc4)cccc23)cc(OC(C)=O)c1. The van der Waals surface area contributed by atoms with E-state index >= 15 is 0 Å². The first-order chi connectivity index (χ1) is 19.0. The lowest BCUT2D eigenvalue weighted by Crippen LogP contribution is -2.14. The standard InChI is InChI=1S/C29H23BrN2O7S/c1-18(33)38-23-15-20(16-24(17-23)39-19(2)34)9-14-29(35)31-27-7-3-6-26-25(27)5-4-8-28(26)40(36,37)32-22-12-10-21(30)11-13-22/h3-17,32H,1-2H3,(H,31,35). The van der Waals surface area contributed by atoms with Gasteiger partial charge in [0.2, 0.25) is 5.91 Å². The van der Waals surface area contributed by atoms with Crippen LogP contribution in [0.4, 0.5) is 11.4 Å². The smallest absolute Gasteiger partial charge is 0.308 e. The fourth-order valence-corrected chi connectivity index (χ4v) is 5.38. The van der Waals surface area contributed by atoms with Crippen LogP contribution in [-0.4, -0.2) is 26.3 Å². The van der Waals surface area contributed by atoms with Crippen LogP contribution < -0.4 is 19.5 Å². The van der Waals surface area contributed by atoms with Crippen molar-refractivity contribution >= 4 is 72.0 Å². The Morgan fingerprint density at radius 3 is 2.02 bits per heavy atom. The third-order valence-corrected chi connectivity index (χ3v) is 7.35. The van der Waals surface area contributed by atoms with Gasteiger partial charge in [0, 0.05) is 52.6 Å². The number of hydrogen-bond acceptors (Lipinski definition) is 7. The predicted molar refractivity (Wildman–Crippen MR) is 156 cm³/mol. The molecule has 0 aromatic heterocycles. The van der Waals surface area contributed by atoms with Crippen LogP contribution in [0.15, 0.2) is 94.3 Å². The Morgan fingerprint density at radius 1 is 0.800 bits per heavy atom. The van der Waals surface area contributed by atoms with Crippen LogP contribution >= 0.6 is 15.9 Å². The van der Waals surface area contributed by atoms with Crippen molar-refractivity contribution in [1.82, 2.24) is 0 Å². The van der Waals surface area contributed by atoms with E-state index < -0.39 is 27.9 Å². The average molecular weight is 623 g/mol. The van der Waals surface area contributed by atoms with E-state index in [-0.39, 0.29) is 16.4 Å². The van der Waals surface area contributed by atoms with Gasteiger partial charge >= 0.3 is 11.9 Å². The van der Waals surface area contributed by atoms with Gasteiger partial charge in [-0.05, 0) is 60.2 Å². The number of anilines is 2. The monoisotopic (exact) mass is 622 g/mol. The summed E-state index contributed by atoms with van der Waals surface area (Å²) in [5, 5.41) is 3.72. The Kier molecular flexibility index (Phi) is 8.66. The molecular weight excluding hydrogens is 600 g/mol. The molecule has 0 aliphatic carbocycles. The molecule has 4 aromatic rings. The molecule has 11 heteroatoms. The minimum absolute atomic E-state index is 0.0554. The van der Waals surface area contributed by atoms with E-state index in [0.717, 1.165) is 4.47 Å². The summed E-state index contributed by atoms with van der Waals surface area (Å²) in [6.07, 6.45) is 2.71. The number of sulfonamides is 1. The summed E-state index contributed by atoms with van der Waals surface area (Å²) in [6, 6.07) is 20.9. The number of benzene rings is 4. The van der Waals surface area contributed by atoms with Crippen molar-refractivity contribution in [2.75, 3.05) is 10.0 Å². The Balaban J connectivity index is 1.59. The van der Waals surface area contributed by atoms with E-state index in [1.54, 1.807) is 54.6 Å². The number of ether oxygens (including phenoxy) is 2. The largest absolute Gasteiger partial charge is 0.427 e. The van der Waals surface area contributed by atoms with Crippen LogP contribution in [0.1, 0.15) is 19.4 Å². The molecule has 0 bridgehead atoms. The van der Waals surface area contributed by atoms with E-state index in [0.29, 0.717) is 27.7 Å². The van der Waals surface area contributed by atoms with Gasteiger partial charge in [0.1, 0.15) is 11.5 Å². The number of halogens is 1. The summed E-state index contributed by atoms with van der Waals surface area (Å²) >= 11 is 3.33. The van der Waals surface area contributed by atoms with E-state index in [4.69, 9.17) is 9.47 Å². The second-order valence-electron chi connectivity index (χ2n) is 8.52. The molecule has 0 atom stereocenters. The first-order valence-corrected chi connectivity index (χ1v) is 14.1. The highest BCUT2D eigenvalue weighted by Crippen LogP contribution is 2.30. The van der Waals surface area contributed by atoms with Crippen LogP contribution in [0.2, 0.25) is 0 Å². The molecule has 0 aliphatic heterocycles. The molecule has 0 spiro atoms. The predicted octanol–water partition coefficient (Wildman–Crippen LogP) is 5.91. The number of esters is 2. The van der Waals surface area contributed by atoms with E-state index in [2.05, 4.69) is 26.0 Å². The maximum atomic E-state index is 13.2. The second kappa shape index (κ2) is 12.1. The first-order valence-electron chi connectivity index (χ1n) is 11.8. The van der Waals surface area contributed by atoms with E-state index in [1.807, 2.05) is 0 Å². The molecule has 4 aromatic carbocycles. The Bertz CT molecular complexity index is 1720. The molecular formula is C29H23BrN2O7S. The zero-order chi connectivity index (χ0) is 28.9. The fraction of sp³-hybridized carbons (Fsp3) is 0.0690. The summed E-state index contributed by atoms with van der Waals surface area (Å²) < 4.78 is 40.0. The van der Waals surface area contributed by atoms with Crippen LogP contribution in [0.3, 0.4) is 0 Å². The maximum Gasteiger partial charge on any atom is 0.308 e. The van der Waals surface area contributed by atoms with Crippen molar-refractivity contribution < 1.29 is 32.3 Å².